The zero-order valence-electron chi connectivity index (χ0n) is 20.3. The van der Waals surface area contributed by atoms with Gasteiger partial charge in [-0.15, -0.1) is 0 Å². The molecule has 1 aromatic heterocycles. The van der Waals surface area contributed by atoms with Crippen molar-refractivity contribution in [2.45, 2.75) is 62.8 Å². The van der Waals surface area contributed by atoms with E-state index in [1.54, 1.807) is 19.2 Å². The fourth-order valence-electron chi connectivity index (χ4n) is 5.00. The van der Waals surface area contributed by atoms with Gasteiger partial charge in [-0.3, -0.25) is 9.88 Å². The van der Waals surface area contributed by atoms with E-state index in [2.05, 4.69) is 15.2 Å². The van der Waals surface area contributed by atoms with Crippen LogP contribution in [-0.2, 0) is 23.6 Å². The number of nitrogens with one attached hydrogen (secondary N) is 2. The zero-order valence-corrected chi connectivity index (χ0v) is 20.3. The van der Waals surface area contributed by atoms with Crippen molar-refractivity contribution in [1.82, 2.24) is 20.1 Å². The highest BCUT2D eigenvalue weighted by molar-refractivity contribution is 5.35. The van der Waals surface area contributed by atoms with Gasteiger partial charge in [-0.2, -0.15) is 31.4 Å². The van der Waals surface area contributed by atoms with Gasteiger partial charge in [0.1, 0.15) is 11.6 Å². The van der Waals surface area contributed by atoms with Crippen LogP contribution in [0.15, 0.2) is 47.3 Å². The molecule has 6 nitrogen and oxygen atoms in total. The molecule has 13 heteroatoms. The summed E-state index contributed by atoms with van der Waals surface area (Å²) in [5, 5.41) is 6.18. The van der Waals surface area contributed by atoms with E-state index in [-0.39, 0.29) is 30.1 Å². The molecule has 0 aliphatic heterocycles. The summed E-state index contributed by atoms with van der Waals surface area (Å²) in [6.45, 7) is 1.66. The second-order valence-corrected chi connectivity index (χ2v) is 9.42. The fourth-order valence-corrected chi connectivity index (χ4v) is 5.00. The van der Waals surface area contributed by atoms with Crippen molar-refractivity contribution in [2.75, 3.05) is 7.05 Å². The lowest BCUT2D eigenvalue weighted by molar-refractivity contribution is -0.143. The van der Waals surface area contributed by atoms with Gasteiger partial charge >= 0.3 is 18.0 Å². The Labute approximate surface area is 212 Å². The number of likely N-dealkylation sites (N-methyl/N-ethyl adjacent to an activating group) is 1. The molecule has 38 heavy (non-hydrogen) atoms. The molecule has 0 saturated heterocycles. The molecule has 0 bridgehead atoms. The molecule has 1 saturated carbocycles. The molecule has 2 N–H and O–H groups in total. The van der Waals surface area contributed by atoms with Gasteiger partial charge in [-0.05, 0) is 68.3 Å². The summed E-state index contributed by atoms with van der Waals surface area (Å²) in [6.07, 6.45) is -10.6. The quantitative estimate of drug-likeness (QED) is 0.368. The first-order chi connectivity index (χ1) is 17.7. The minimum absolute atomic E-state index is 0.0808. The average Bonchev–Trinajstić information content (AvgIpc) is 3.44. The largest absolute Gasteiger partial charge is 0.416 e. The minimum atomic E-state index is -4.97. The van der Waals surface area contributed by atoms with Gasteiger partial charge in [0.15, 0.2) is 0 Å². The Morgan fingerprint density at radius 2 is 1.63 bits per heavy atom. The Balaban J connectivity index is 1.63. The van der Waals surface area contributed by atoms with Gasteiger partial charge in [-0.1, -0.05) is 12.1 Å². The van der Waals surface area contributed by atoms with E-state index in [0.717, 1.165) is 0 Å². The summed E-state index contributed by atoms with van der Waals surface area (Å²) in [4.78, 5) is 15.9. The zero-order chi connectivity index (χ0) is 27.8. The van der Waals surface area contributed by atoms with Crippen LogP contribution in [0.5, 0.6) is 0 Å². The van der Waals surface area contributed by atoms with Crippen LogP contribution in [0.2, 0.25) is 0 Å². The molecule has 206 valence electrons. The van der Waals surface area contributed by atoms with E-state index >= 15 is 0 Å². The number of halogens is 7. The van der Waals surface area contributed by atoms with Gasteiger partial charge in [0, 0.05) is 12.0 Å². The number of aromatic amines is 2. The third-order valence-electron chi connectivity index (χ3n) is 6.79. The summed E-state index contributed by atoms with van der Waals surface area (Å²) in [7, 11) is 1.79. The minimum Gasteiger partial charge on any atom is -0.370 e. The maximum atomic E-state index is 13.6. The molecule has 0 spiro atoms. The Bertz CT molecular complexity index is 1270. The molecular formula is C25H25F7N4O2. The van der Waals surface area contributed by atoms with E-state index < -0.39 is 47.2 Å². The summed E-state index contributed by atoms with van der Waals surface area (Å²) < 4.78 is 100.0. The summed E-state index contributed by atoms with van der Waals surface area (Å²) in [5.74, 6) is -0.460. The van der Waals surface area contributed by atoms with Crippen molar-refractivity contribution < 1.29 is 35.5 Å². The fraction of sp³-hybridized carbons (Fsp3) is 0.440. The van der Waals surface area contributed by atoms with Crippen molar-refractivity contribution in [3.05, 3.63) is 86.8 Å². The van der Waals surface area contributed by atoms with Gasteiger partial charge in [-0.25, -0.2) is 14.3 Å². The Morgan fingerprint density at radius 1 is 1.03 bits per heavy atom. The lowest BCUT2D eigenvalue weighted by Gasteiger charge is -2.33. The number of ether oxygens (including phenoxy) is 1. The summed E-state index contributed by atoms with van der Waals surface area (Å²) >= 11 is 0. The van der Waals surface area contributed by atoms with Crippen molar-refractivity contribution in [3.63, 3.8) is 0 Å². The van der Waals surface area contributed by atoms with Crippen LogP contribution in [0.4, 0.5) is 30.7 Å². The number of hydrogen-bond acceptors (Lipinski definition) is 4. The van der Waals surface area contributed by atoms with Crippen LogP contribution in [0.25, 0.3) is 0 Å². The normalized spacial score (nSPS) is 21.3. The third kappa shape index (κ3) is 6.26. The highest BCUT2D eigenvalue weighted by Crippen LogP contribution is 2.43. The SMILES string of the molecule is C[C@H](OC1CCC(N(C)Cc2n[nH]c(=O)[nH]2)C1c1ccc(F)cc1)c1cc(C(F)(F)F)cc(C(F)(F)F)c1. The van der Waals surface area contributed by atoms with Gasteiger partial charge in [0.25, 0.3) is 0 Å². The summed E-state index contributed by atoms with van der Waals surface area (Å²) in [5.41, 5.74) is -2.84. The molecule has 1 fully saturated rings. The molecule has 0 radical (unpaired) electrons. The Kier molecular flexibility index (Phi) is 7.71. The lowest BCUT2D eigenvalue weighted by Crippen LogP contribution is -2.36. The maximum absolute atomic E-state index is 13.6. The molecule has 1 aliphatic rings. The standard InChI is InChI=1S/C25H25F7N4O2/c1-13(15-9-16(24(27,28)29)11-17(10-15)25(30,31)32)38-20-8-7-19(22(20)14-3-5-18(26)6-4-14)36(2)12-21-33-23(37)35-34-21/h3-6,9-11,13,19-20,22H,7-8,12H2,1-2H3,(H2,33,34,35,37)/t13-,19?,20?,22?/m0/s1. The van der Waals surface area contributed by atoms with E-state index in [0.29, 0.717) is 36.4 Å². The van der Waals surface area contributed by atoms with E-state index in [1.807, 2.05) is 4.90 Å². The number of nitrogens with zero attached hydrogens (tertiary/aromatic N) is 2. The molecule has 3 unspecified atom stereocenters. The number of benzene rings is 2. The van der Waals surface area contributed by atoms with E-state index in [4.69, 9.17) is 4.74 Å². The molecule has 4 atom stereocenters. The van der Waals surface area contributed by atoms with Crippen molar-refractivity contribution in [2.24, 2.45) is 0 Å². The smallest absolute Gasteiger partial charge is 0.370 e. The lowest BCUT2D eigenvalue weighted by atomic mass is 9.91. The highest BCUT2D eigenvalue weighted by Gasteiger charge is 2.42. The number of aromatic nitrogens is 3. The Morgan fingerprint density at radius 3 is 2.16 bits per heavy atom. The predicted octanol–water partition coefficient (Wildman–Crippen LogP) is 5.80. The van der Waals surface area contributed by atoms with Crippen LogP contribution in [0.3, 0.4) is 0 Å². The number of rotatable bonds is 7. The average molecular weight is 546 g/mol. The molecule has 4 rings (SSSR count). The van der Waals surface area contributed by atoms with Gasteiger partial charge in [0.2, 0.25) is 0 Å². The monoisotopic (exact) mass is 546 g/mol. The van der Waals surface area contributed by atoms with Gasteiger partial charge in [0.05, 0.1) is 29.9 Å². The van der Waals surface area contributed by atoms with Crippen LogP contribution in [-0.4, -0.2) is 39.3 Å². The Hall–Kier alpha value is -3.19. The first-order valence-corrected chi connectivity index (χ1v) is 11.8. The van der Waals surface area contributed by atoms with Crippen LogP contribution in [0, 0.1) is 5.82 Å². The first-order valence-electron chi connectivity index (χ1n) is 11.8. The topological polar surface area (TPSA) is 74.0 Å². The van der Waals surface area contributed by atoms with Crippen LogP contribution < -0.4 is 5.69 Å². The number of H-pyrrole nitrogens is 2. The van der Waals surface area contributed by atoms with Crippen LogP contribution in [0.1, 0.15) is 59.9 Å². The molecule has 0 amide bonds. The van der Waals surface area contributed by atoms with Crippen molar-refractivity contribution in [1.29, 1.82) is 0 Å². The first kappa shape index (κ1) is 27.8. The maximum Gasteiger partial charge on any atom is 0.416 e. The molecular weight excluding hydrogens is 521 g/mol. The molecule has 2 aromatic carbocycles. The van der Waals surface area contributed by atoms with Crippen molar-refractivity contribution in [3.8, 4) is 0 Å². The van der Waals surface area contributed by atoms with Gasteiger partial charge < -0.3 is 4.74 Å². The van der Waals surface area contributed by atoms with E-state index in [9.17, 15) is 35.5 Å². The second kappa shape index (κ2) is 10.5. The highest BCUT2D eigenvalue weighted by atomic mass is 19.4. The number of alkyl halides is 6. The summed E-state index contributed by atoms with van der Waals surface area (Å²) in [6, 6.07) is 6.92. The van der Waals surface area contributed by atoms with Crippen LogP contribution >= 0.6 is 0 Å². The van der Waals surface area contributed by atoms with E-state index in [1.165, 1.54) is 19.1 Å². The number of hydrogen-bond donors (Lipinski definition) is 2. The van der Waals surface area contributed by atoms with Crippen molar-refractivity contribution >= 4 is 0 Å². The predicted molar refractivity (Wildman–Crippen MR) is 123 cm³/mol. The molecule has 1 aliphatic carbocycles. The second-order valence-electron chi connectivity index (χ2n) is 9.42. The molecule has 3 aromatic rings. The molecule has 1 heterocycles. The third-order valence-corrected chi connectivity index (χ3v) is 6.79.